The first-order valence-electron chi connectivity index (χ1n) is 7.86. The fraction of sp³-hybridized carbons (Fsp3) is 0.625. The molecule has 2 rings (SSSR count). The predicted octanol–water partition coefficient (Wildman–Crippen LogP) is 1.97. The number of pyridine rings is 1. The molecule has 1 aliphatic rings. The quantitative estimate of drug-likeness (QED) is 0.870. The van der Waals surface area contributed by atoms with E-state index in [0.29, 0.717) is 5.75 Å². The summed E-state index contributed by atoms with van der Waals surface area (Å²) in [7, 11) is 0. The lowest BCUT2D eigenvalue weighted by molar-refractivity contribution is -0.133. The van der Waals surface area contributed by atoms with Gasteiger partial charge in [-0.25, -0.2) is 0 Å². The van der Waals surface area contributed by atoms with Gasteiger partial charge in [0.15, 0.2) is 6.61 Å². The molecule has 0 atom stereocenters. The lowest BCUT2D eigenvalue weighted by Crippen LogP contribution is -2.35. The molecule has 0 aliphatic carbocycles. The zero-order valence-electron chi connectivity index (χ0n) is 12.8. The number of nitrogens with zero attached hydrogens (tertiary/aromatic N) is 2. The van der Waals surface area contributed by atoms with Crippen molar-refractivity contribution in [2.45, 2.75) is 39.2 Å². The van der Waals surface area contributed by atoms with E-state index >= 15 is 0 Å². The Morgan fingerprint density at radius 3 is 2.67 bits per heavy atom. The Labute approximate surface area is 126 Å². The van der Waals surface area contributed by atoms with Gasteiger partial charge in [-0.3, -0.25) is 9.78 Å². The molecule has 5 nitrogen and oxygen atoms in total. The standard InChI is InChI=1S/C16H25N3O2/c1-2-17-11-14-7-8-15(12-18-14)21-13-16(20)19-9-5-3-4-6-10-19/h7-8,12,17H,2-6,9-11,13H2,1H3. The van der Waals surface area contributed by atoms with Crippen LogP contribution in [0.1, 0.15) is 38.3 Å². The monoisotopic (exact) mass is 291 g/mol. The number of ether oxygens (including phenoxy) is 1. The topological polar surface area (TPSA) is 54.5 Å². The highest BCUT2D eigenvalue weighted by atomic mass is 16.5. The molecule has 1 saturated heterocycles. The maximum absolute atomic E-state index is 12.1. The molecule has 0 unspecified atom stereocenters. The minimum Gasteiger partial charge on any atom is -0.482 e. The van der Waals surface area contributed by atoms with Crippen LogP contribution in [-0.2, 0) is 11.3 Å². The number of likely N-dealkylation sites (tertiary alicyclic amines) is 1. The van der Waals surface area contributed by atoms with Crippen LogP contribution in [0.3, 0.4) is 0 Å². The maximum Gasteiger partial charge on any atom is 0.260 e. The summed E-state index contributed by atoms with van der Waals surface area (Å²) in [5, 5.41) is 3.22. The van der Waals surface area contributed by atoms with E-state index in [4.69, 9.17) is 4.74 Å². The van der Waals surface area contributed by atoms with Gasteiger partial charge in [0.25, 0.3) is 5.91 Å². The van der Waals surface area contributed by atoms with E-state index < -0.39 is 0 Å². The van der Waals surface area contributed by atoms with Gasteiger partial charge in [0.05, 0.1) is 11.9 Å². The molecule has 2 heterocycles. The van der Waals surface area contributed by atoms with E-state index in [1.807, 2.05) is 17.0 Å². The SMILES string of the molecule is CCNCc1ccc(OCC(=O)N2CCCCCC2)cn1. The highest BCUT2D eigenvalue weighted by molar-refractivity contribution is 5.77. The van der Waals surface area contributed by atoms with Crippen LogP contribution in [0.5, 0.6) is 5.75 Å². The van der Waals surface area contributed by atoms with Crippen molar-refractivity contribution < 1.29 is 9.53 Å². The van der Waals surface area contributed by atoms with Crippen LogP contribution >= 0.6 is 0 Å². The molecule has 1 aromatic heterocycles. The minimum atomic E-state index is 0.0774. The van der Waals surface area contributed by atoms with Crippen molar-refractivity contribution in [2.24, 2.45) is 0 Å². The lowest BCUT2D eigenvalue weighted by atomic mass is 10.2. The third-order valence-corrected chi connectivity index (χ3v) is 3.67. The summed E-state index contributed by atoms with van der Waals surface area (Å²) in [4.78, 5) is 18.3. The molecular weight excluding hydrogens is 266 g/mol. The van der Waals surface area contributed by atoms with E-state index in [9.17, 15) is 4.79 Å². The Kier molecular flexibility index (Phi) is 6.47. The minimum absolute atomic E-state index is 0.0774. The van der Waals surface area contributed by atoms with Crippen molar-refractivity contribution in [3.63, 3.8) is 0 Å². The Morgan fingerprint density at radius 2 is 2.05 bits per heavy atom. The molecule has 0 aromatic carbocycles. The van der Waals surface area contributed by atoms with Gasteiger partial charge in [0.2, 0.25) is 0 Å². The number of carbonyl (C=O) groups is 1. The summed E-state index contributed by atoms with van der Waals surface area (Å²) >= 11 is 0. The van der Waals surface area contributed by atoms with Crippen molar-refractivity contribution >= 4 is 5.91 Å². The van der Waals surface area contributed by atoms with Crippen LogP contribution in [0.25, 0.3) is 0 Å². The van der Waals surface area contributed by atoms with Crippen LogP contribution in [-0.4, -0.2) is 42.0 Å². The molecule has 0 spiro atoms. The van der Waals surface area contributed by atoms with Gasteiger partial charge in [-0.15, -0.1) is 0 Å². The van der Waals surface area contributed by atoms with Crippen molar-refractivity contribution in [1.82, 2.24) is 15.2 Å². The molecule has 1 amide bonds. The second-order valence-corrected chi connectivity index (χ2v) is 5.35. The van der Waals surface area contributed by atoms with E-state index in [0.717, 1.165) is 44.7 Å². The van der Waals surface area contributed by atoms with Gasteiger partial charge in [-0.2, -0.15) is 0 Å². The smallest absolute Gasteiger partial charge is 0.260 e. The first kappa shape index (κ1) is 15.8. The van der Waals surface area contributed by atoms with Crippen molar-refractivity contribution in [1.29, 1.82) is 0 Å². The van der Waals surface area contributed by atoms with Crippen LogP contribution in [0, 0.1) is 0 Å². The van der Waals surface area contributed by atoms with Crippen molar-refractivity contribution in [3.05, 3.63) is 24.0 Å². The summed E-state index contributed by atoms with van der Waals surface area (Å²) < 4.78 is 5.55. The zero-order chi connectivity index (χ0) is 14.9. The molecule has 0 bridgehead atoms. The average Bonchev–Trinajstić information content (AvgIpc) is 2.81. The highest BCUT2D eigenvalue weighted by Gasteiger charge is 2.15. The summed E-state index contributed by atoms with van der Waals surface area (Å²) in [5.41, 5.74) is 0.975. The number of nitrogens with one attached hydrogen (secondary N) is 1. The van der Waals surface area contributed by atoms with Crippen LogP contribution in [0.4, 0.5) is 0 Å². The van der Waals surface area contributed by atoms with E-state index in [1.54, 1.807) is 6.20 Å². The normalized spacial score (nSPS) is 15.6. The second-order valence-electron chi connectivity index (χ2n) is 5.35. The Morgan fingerprint density at radius 1 is 1.29 bits per heavy atom. The van der Waals surface area contributed by atoms with Gasteiger partial charge in [0, 0.05) is 19.6 Å². The fourth-order valence-corrected chi connectivity index (χ4v) is 2.41. The van der Waals surface area contributed by atoms with Crippen LogP contribution in [0.15, 0.2) is 18.3 Å². The number of hydrogen-bond donors (Lipinski definition) is 1. The van der Waals surface area contributed by atoms with Crippen LogP contribution < -0.4 is 10.1 Å². The summed E-state index contributed by atoms with van der Waals surface area (Å²) in [6.45, 7) is 5.57. The summed E-state index contributed by atoms with van der Waals surface area (Å²) in [5.74, 6) is 0.729. The molecular formula is C16H25N3O2. The van der Waals surface area contributed by atoms with Crippen LogP contribution in [0.2, 0.25) is 0 Å². The third kappa shape index (κ3) is 5.34. The predicted molar refractivity (Wildman–Crippen MR) is 82.2 cm³/mol. The average molecular weight is 291 g/mol. The molecule has 1 aliphatic heterocycles. The first-order chi connectivity index (χ1) is 10.3. The largest absolute Gasteiger partial charge is 0.482 e. The number of carbonyl (C=O) groups excluding carboxylic acids is 1. The van der Waals surface area contributed by atoms with E-state index in [1.165, 1.54) is 12.8 Å². The zero-order valence-corrected chi connectivity index (χ0v) is 12.8. The number of hydrogen-bond acceptors (Lipinski definition) is 4. The molecule has 0 saturated carbocycles. The van der Waals surface area contributed by atoms with E-state index in [-0.39, 0.29) is 12.5 Å². The Hall–Kier alpha value is -1.62. The highest BCUT2D eigenvalue weighted by Crippen LogP contribution is 2.12. The number of aromatic nitrogens is 1. The molecule has 1 fully saturated rings. The number of amides is 1. The van der Waals surface area contributed by atoms with Crippen molar-refractivity contribution in [2.75, 3.05) is 26.2 Å². The van der Waals surface area contributed by atoms with Gasteiger partial charge in [-0.1, -0.05) is 19.8 Å². The van der Waals surface area contributed by atoms with Gasteiger partial charge in [-0.05, 0) is 31.5 Å². The lowest BCUT2D eigenvalue weighted by Gasteiger charge is -2.20. The molecule has 1 N–H and O–H groups in total. The van der Waals surface area contributed by atoms with E-state index in [2.05, 4.69) is 17.2 Å². The molecule has 5 heteroatoms. The second kappa shape index (κ2) is 8.62. The number of rotatable bonds is 6. The fourth-order valence-electron chi connectivity index (χ4n) is 2.41. The molecule has 21 heavy (non-hydrogen) atoms. The summed E-state index contributed by atoms with van der Waals surface area (Å²) in [6.07, 6.45) is 6.34. The third-order valence-electron chi connectivity index (χ3n) is 3.67. The first-order valence-corrected chi connectivity index (χ1v) is 7.86. The molecule has 116 valence electrons. The molecule has 0 radical (unpaired) electrons. The Bertz CT molecular complexity index is 426. The summed E-state index contributed by atoms with van der Waals surface area (Å²) in [6, 6.07) is 3.80. The molecule has 1 aromatic rings. The van der Waals surface area contributed by atoms with Crippen molar-refractivity contribution in [3.8, 4) is 5.75 Å². The maximum atomic E-state index is 12.1. The van der Waals surface area contributed by atoms with Gasteiger partial charge >= 0.3 is 0 Å². The Balaban J connectivity index is 1.77. The van der Waals surface area contributed by atoms with Gasteiger partial charge < -0.3 is 15.0 Å². The van der Waals surface area contributed by atoms with Gasteiger partial charge in [0.1, 0.15) is 5.75 Å².